The molecule has 5 aliphatic rings. The SMILES string of the molecule is CNc1cc(Nc2cccnc2OC)nc2c(C(=O)NC[C@H](C)CO)cnn12.CNc1cc(Nc2cccnc2OC)nc2c(C(=O)N[C@@H]3CCC[C@H]3O)cnn12.CNc1cc(Nc2cccnc2OC2CC2)nc2c(C(=O)N[C@H]3COC[C@H]3O)cnn12.[2H]C([2H])([2H])Oc1ncccc1Nc1cc(NC)n2ncc(C(=O)N[C@@H]3CCC[C@@H](O)C3)c2n1.[2H]C([2H])([2H])Oc1ncccc1Nc1cc(NC)n2ncc(C(=O)N[C@H]3CC[C@H](O)C3)c2n1. The van der Waals surface area contributed by atoms with Crippen LogP contribution in [0.3, 0.4) is 0 Å². The van der Waals surface area contributed by atoms with Gasteiger partial charge in [0.1, 0.15) is 121 Å². The zero-order valence-corrected chi connectivity index (χ0v) is 81.2. The van der Waals surface area contributed by atoms with Crippen LogP contribution in [0.1, 0.15) is 144 Å². The van der Waals surface area contributed by atoms with E-state index in [-0.39, 0.29) is 102 Å². The van der Waals surface area contributed by atoms with Crippen molar-refractivity contribution >= 4 is 144 Å². The molecule has 4 aliphatic carbocycles. The maximum atomic E-state index is 13.0. The second-order valence-corrected chi connectivity index (χ2v) is 34.6. The number of amides is 5. The van der Waals surface area contributed by atoms with Gasteiger partial charge < -0.3 is 134 Å². The highest BCUT2D eigenvalue weighted by atomic mass is 16.5. The lowest BCUT2D eigenvalue weighted by atomic mass is 9.93. The predicted octanol–water partition coefficient (Wildman–Crippen LogP) is 7.29. The molecule has 0 aromatic carbocycles. The Morgan fingerprint density at radius 3 is 1.05 bits per heavy atom. The molecule has 16 heterocycles. The van der Waals surface area contributed by atoms with Gasteiger partial charge in [-0.1, -0.05) is 6.92 Å². The van der Waals surface area contributed by atoms with Crippen LogP contribution in [0.25, 0.3) is 28.2 Å². The summed E-state index contributed by atoms with van der Waals surface area (Å²) in [6.07, 6.45) is 22.4. The molecule has 9 atom stereocenters. The van der Waals surface area contributed by atoms with E-state index in [1.165, 1.54) is 59.5 Å². The second-order valence-electron chi connectivity index (χ2n) is 34.6. The van der Waals surface area contributed by atoms with E-state index in [0.717, 1.165) is 44.9 Å². The molecule has 1 saturated heterocycles. The van der Waals surface area contributed by atoms with Crippen molar-refractivity contribution in [2.45, 2.75) is 139 Å². The highest BCUT2D eigenvalue weighted by Crippen LogP contribution is 2.37. The highest BCUT2D eigenvalue weighted by Gasteiger charge is 2.34. The summed E-state index contributed by atoms with van der Waals surface area (Å²) in [7, 11) is 6.44. The van der Waals surface area contributed by atoms with Gasteiger partial charge in [0.05, 0.1) is 117 Å². The number of pyridine rings is 5. The van der Waals surface area contributed by atoms with Gasteiger partial charge in [0.15, 0.2) is 28.2 Å². The first-order valence-electron chi connectivity index (χ1n) is 50.2. The summed E-state index contributed by atoms with van der Waals surface area (Å²) in [4.78, 5) is 107. The number of methoxy groups -OCH3 is 4. The minimum absolute atomic E-state index is 0.00178. The molecule has 20 N–H and O–H groups in total. The zero-order valence-electron chi connectivity index (χ0n) is 87.2. The van der Waals surface area contributed by atoms with Gasteiger partial charge in [-0.2, -0.15) is 48.1 Å². The number of ether oxygens (including phenoxy) is 6. The number of aliphatic hydroxyl groups excluding tert-OH is 5. The van der Waals surface area contributed by atoms with Crippen molar-refractivity contribution in [3.63, 3.8) is 0 Å². The number of hydrogen-bond donors (Lipinski definition) is 20. The lowest BCUT2D eigenvalue weighted by molar-refractivity contribution is 0.0846. The molecule has 1 aliphatic heterocycles. The van der Waals surface area contributed by atoms with Crippen LogP contribution in [-0.2, 0) is 4.74 Å². The Morgan fingerprint density at radius 1 is 0.401 bits per heavy atom. The number of rotatable bonds is 33. The number of nitrogens with one attached hydrogen (secondary N) is 15. The fraction of sp³-hybridized carbons (Fsp3) is 0.375. The Bertz CT molecular complexity index is 7400. The third kappa shape index (κ3) is 24.7. The van der Waals surface area contributed by atoms with Crippen LogP contribution in [0.2, 0.25) is 0 Å². The molecule has 0 unspecified atom stereocenters. The normalized spacial score (nSPS) is 18.5. The molecule has 51 heteroatoms. The Morgan fingerprint density at radius 2 is 0.735 bits per heavy atom. The molecule has 0 radical (unpaired) electrons. The Hall–Kier alpha value is -17.0. The number of fused-ring (bicyclic) bond motifs is 5. The average molecular weight is 2020 g/mol. The van der Waals surface area contributed by atoms with Crippen LogP contribution < -0.4 is 103 Å². The number of aliphatic hydroxyl groups is 5. The van der Waals surface area contributed by atoms with Crippen molar-refractivity contribution in [1.29, 1.82) is 0 Å². The monoisotopic (exact) mass is 2020 g/mol. The fourth-order valence-electron chi connectivity index (χ4n) is 16.5. The number of carbonyl (C=O) groups excluding carboxylic acids is 5. The summed E-state index contributed by atoms with van der Waals surface area (Å²) in [6, 6.07) is 25.0. The molecule has 0 bridgehead atoms. The lowest BCUT2D eigenvalue weighted by Gasteiger charge is -2.26. The number of nitrogens with zero attached hydrogens (tertiary/aromatic N) is 20. The number of hydrogen-bond acceptors (Lipinski definition) is 41. The van der Waals surface area contributed by atoms with Gasteiger partial charge in [0.25, 0.3) is 29.5 Å². The van der Waals surface area contributed by atoms with Crippen LogP contribution in [0, 0.1) is 5.92 Å². The van der Waals surface area contributed by atoms with Gasteiger partial charge in [-0.3, -0.25) is 24.0 Å². The largest absolute Gasteiger partial charge is 0.480 e. The Balaban J connectivity index is 0.000000136. The van der Waals surface area contributed by atoms with Crippen LogP contribution >= 0.6 is 0 Å². The molecule has 4 saturated carbocycles. The maximum Gasteiger partial charge on any atom is 0.257 e. The van der Waals surface area contributed by atoms with E-state index in [0.29, 0.717) is 188 Å². The summed E-state index contributed by atoms with van der Waals surface area (Å²) >= 11 is 0. The van der Waals surface area contributed by atoms with Crippen molar-refractivity contribution < 1.29 is 86.2 Å². The van der Waals surface area contributed by atoms with Gasteiger partial charge in [0, 0.05) is 122 Å². The summed E-state index contributed by atoms with van der Waals surface area (Å²) in [5, 5.41) is 115. The summed E-state index contributed by atoms with van der Waals surface area (Å²) in [5.41, 5.74) is 5.86. The first kappa shape index (κ1) is 94.8. The van der Waals surface area contributed by atoms with Crippen LogP contribution in [0.5, 0.6) is 29.4 Å². The maximum absolute atomic E-state index is 13.0. The second kappa shape index (κ2) is 47.9. The first-order valence-corrected chi connectivity index (χ1v) is 47.2. The molecule has 5 amide bonds. The molecule has 0 spiro atoms. The van der Waals surface area contributed by atoms with Crippen LogP contribution in [0.4, 0.5) is 86.6 Å². The molecule has 5 fully saturated rings. The van der Waals surface area contributed by atoms with E-state index < -0.39 is 44.5 Å². The minimum Gasteiger partial charge on any atom is -0.480 e. The molecule has 772 valence electrons. The third-order valence-electron chi connectivity index (χ3n) is 24.2. The molecule has 147 heavy (non-hydrogen) atoms. The molecule has 20 rings (SSSR count). The number of anilines is 15. The van der Waals surface area contributed by atoms with E-state index in [9.17, 15) is 44.4 Å². The van der Waals surface area contributed by atoms with E-state index in [1.54, 1.807) is 141 Å². The predicted molar refractivity (Wildman–Crippen MR) is 545 cm³/mol. The van der Waals surface area contributed by atoms with E-state index in [2.05, 4.69) is 155 Å². The van der Waals surface area contributed by atoms with Crippen LogP contribution in [-0.4, -0.2) is 298 Å². The van der Waals surface area contributed by atoms with E-state index >= 15 is 0 Å². The molecule has 51 nitrogen and oxygen atoms in total. The summed E-state index contributed by atoms with van der Waals surface area (Å²) < 4.78 is 83.2. The van der Waals surface area contributed by atoms with Gasteiger partial charge in [-0.05, 0) is 144 Å². The molecule has 15 aromatic rings. The van der Waals surface area contributed by atoms with Crippen LogP contribution in [0.15, 0.2) is 153 Å². The highest BCUT2D eigenvalue weighted by molar-refractivity contribution is 6.03. The number of carbonyl (C=O) groups is 5. The number of aromatic nitrogens is 20. The minimum atomic E-state index is -2.66. The third-order valence-corrected chi connectivity index (χ3v) is 24.2. The standard InChI is InChI=1S/C20H23N7O4.C20H25N7O3.2C19H23N7O3.C18H23N7O3/c1-21-17-7-16(24-13-3-2-6-22-20(13)31-11-4-5-11)26-18-12(8-23-27(17)18)19(29)25-14-9-30-10-15(14)28;1-21-17-10-16(25-15-7-4-8-22-20(15)30-2)26-18-14(11-23-27(17)18)19(29)24-12-5-3-6-13(28)9-12;1-20-16-9-15(23-13-6-4-8-21-19(13)29-2)25-17-11(10-22-26(16)17)18(28)24-12-5-3-7-14(12)27;1-20-16-9-15(24-14-4-3-7-21-19(14)29-2)25-17-13(10-22-26(16)17)18(28)23-11-5-6-12(27)8-11;1-11(10-26)8-21-17(27)12-9-22-25-15(19-2)7-14(24-16(12)25)23-13-5-4-6-20-18(13)28-3/h2-3,6-8,11,14-15,21,28H,4-5,9-10H2,1H3,(H,24,26)(H,25,29);4,7-8,10-13,21,28H,3,5-6,9H2,1-2H3,(H,24,29)(H,25,26);4,6,8-10,12,14,20,27H,3,5,7H2,1-2H3,(H,23,25)(H,24,28);3-4,7,9-12,20,27H,5-6,8H2,1-2H3,(H,23,28)(H,24,25);4-7,9,11,19,26H,8,10H2,1-3H3,(H,21,27)(H,23,24)/t14-,15+;12-,13-;12-,14-;11-,12-;11-/m01100/s1/i;2D3;;2D3;. The van der Waals surface area contributed by atoms with Gasteiger partial charge in [-0.15, -0.1) is 0 Å². The quantitative estimate of drug-likeness (QED) is 0.0192. The van der Waals surface area contributed by atoms with Crippen molar-refractivity contribution in [1.82, 2.24) is 124 Å². The summed E-state index contributed by atoms with van der Waals surface area (Å²) in [6.45, 7) is 2.66. The van der Waals surface area contributed by atoms with Crippen molar-refractivity contribution in [2.75, 3.05) is 143 Å². The van der Waals surface area contributed by atoms with E-state index in [4.69, 9.17) is 41.8 Å². The fourth-order valence-corrected chi connectivity index (χ4v) is 16.5. The van der Waals surface area contributed by atoms with Gasteiger partial charge >= 0.3 is 0 Å². The zero-order chi connectivity index (χ0) is 108. The lowest BCUT2D eigenvalue weighted by Crippen LogP contribution is -2.42. The average Bonchev–Trinajstić information content (AvgIpc) is 1.66. The van der Waals surface area contributed by atoms with Crippen molar-refractivity contribution in [3.8, 4) is 29.4 Å². The van der Waals surface area contributed by atoms with Crippen molar-refractivity contribution in [2.24, 2.45) is 5.92 Å². The first-order chi connectivity index (χ1) is 73.7. The molecular weight excluding hydrogens is 1900 g/mol. The Labute approximate surface area is 849 Å². The Kier molecular flexibility index (Phi) is 30.9. The van der Waals surface area contributed by atoms with Gasteiger partial charge in [-0.25, -0.2) is 49.8 Å². The molecular formula is C96H117N35O16. The smallest absolute Gasteiger partial charge is 0.257 e. The van der Waals surface area contributed by atoms with Gasteiger partial charge in [0.2, 0.25) is 29.4 Å². The summed E-state index contributed by atoms with van der Waals surface area (Å²) in [5.74, 6) is 4.69. The molecule has 15 aromatic heterocycles. The topological polar surface area (TPSA) is 638 Å². The van der Waals surface area contributed by atoms with Crippen molar-refractivity contribution in [3.05, 3.63) is 181 Å². The van der Waals surface area contributed by atoms with E-state index in [1.807, 2.05) is 31.2 Å².